The number of carbonyl (C=O) groups is 1. The minimum Gasteiger partial charge on any atom is -0.463 e. The molecule has 0 aromatic heterocycles. The molecule has 0 aliphatic heterocycles. The molecule has 0 aromatic rings. The highest BCUT2D eigenvalue weighted by Crippen LogP contribution is 2.47. The van der Waals surface area contributed by atoms with Gasteiger partial charge in [-0.05, 0) is 26.3 Å². The molecule has 17 heavy (non-hydrogen) atoms. The molecule has 100 valence electrons. The summed E-state index contributed by atoms with van der Waals surface area (Å²) in [6.07, 6.45) is 1.64. The van der Waals surface area contributed by atoms with Gasteiger partial charge >= 0.3 is 13.6 Å². The van der Waals surface area contributed by atoms with Gasteiger partial charge in [0, 0.05) is 12.2 Å². The highest BCUT2D eigenvalue weighted by atomic mass is 31.2. The van der Waals surface area contributed by atoms with Gasteiger partial charge in [0.2, 0.25) is 0 Å². The average Bonchev–Trinajstić information content (AvgIpc) is 2.27. The zero-order valence-corrected chi connectivity index (χ0v) is 11.8. The van der Waals surface area contributed by atoms with E-state index in [1.54, 1.807) is 27.7 Å². The van der Waals surface area contributed by atoms with Crippen molar-refractivity contribution < 1.29 is 23.1 Å². The van der Waals surface area contributed by atoms with Crippen LogP contribution in [0.15, 0.2) is 11.6 Å². The highest BCUT2D eigenvalue weighted by Gasteiger charge is 2.20. The number of hydrogen-bond donors (Lipinski definition) is 0. The molecule has 6 heteroatoms. The minimum absolute atomic E-state index is 0.101. The average molecular weight is 264 g/mol. The lowest BCUT2D eigenvalue weighted by molar-refractivity contribution is -0.137. The standard InChI is InChI=1S/C11H21O5P/c1-5-14-11(12)8-10(4)9-16-17(13,7-3)15-6-2/h8H,5-7,9H2,1-4H3. The second-order valence-electron chi connectivity index (χ2n) is 3.36. The first-order valence-electron chi connectivity index (χ1n) is 5.69. The molecule has 0 saturated heterocycles. The van der Waals surface area contributed by atoms with Crippen LogP contribution in [-0.4, -0.2) is 32.0 Å². The van der Waals surface area contributed by atoms with E-state index in [9.17, 15) is 9.36 Å². The van der Waals surface area contributed by atoms with E-state index < -0.39 is 13.6 Å². The first-order valence-corrected chi connectivity index (χ1v) is 7.42. The molecule has 0 spiro atoms. The van der Waals surface area contributed by atoms with E-state index in [0.717, 1.165) is 0 Å². The minimum atomic E-state index is -3.01. The number of rotatable bonds is 8. The third-order valence-electron chi connectivity index (χ3n) is 1.85. The molecule has 0 heterocycles. The normalized spacial score (nSPS) is 15.4. The summed E-state index contributed by atoms with van der Waals surface area (Å²) in [5.74, 6) is -0.420. The number of esters is 1. The maximum Gasteiger partial charge on any atom is 0.330 e. The SMILES string of the molecule is CCOC(=O)C=C(C)COP(=O)(CC)OCC. The van der Waals surface area contributed by atoms with Crippen LogP contribution in [0.3, 0.4) is 0 Å². The van der Waals surface area contributed by atoms with Gasteiger partial charge in [0.05, 0.1) is 19.8 Å². The summed E-state index contributed by atoms with van der Waals surface area (Å²) in [5, 5.41) is 0. The van der Waals surface area contributed by atoms with Crippen molar-refractivity contribution in [2.75, 3.05) is 26.0 Å². The molecule has 0 fully saturated rings. The van der Waals surface area contributed by atoms with Crippen molar-refractivity contribution in [3.63, 3.8) is 0 Å². The summed E-state index contributed by atoms with van der Waals surface area (Å²) in [6, 6.07) is 0. The molecule has 0 aliphatic rings. The number of hydrogen-bond acceptors (Lipinski definition) is 5. The lowest BCUT2D eigenvalue weighted by atomic mass is 10.3. The third kappa shape index (κ3) is 7.31. The predicted octanol–water partition coefficient (Wildman–Crippen LogP) is 2.76. The van der Waals surface area contributed by atoms with Gasteiger partial charge in [-0.2, -0.15) is 0 Å². The van der Waals surface area contributed by atoms with Crippen molar-refractivity contribution in [3.05, 3.63) is 11.6 Å². The molecule has 0 aromatic carbocycles. The van der Waals surface area contributed by atoms with Gasteiger partial charge in [-0.25, -0.2) is 4.79 Å². The van der Waals surface area contributed by atoms with Gasteiger partial charge in [-0.3, -0.25) is 4.57 Å². The monoisotopic (exact) mass is 264 g/mol. The number of carbonyl (C=O) groups excluding carboxylic acids is 1. The van der Waals surface area contributed by atoms with E-state index in [1.807, 2.05) is 0 Å². The van der Waals surface area contributed by atoms with Crippen molar-refractivity contribution >= 4 is 13.6 Å². The zero-order valence-electron chi connectivity index (χ0n) is 10.9. The van der Waals surface area contributed by atoms with Gasteiger partial charge < -0.3 is 13.8 Å². The summed E-state index contributed by atoms with van der Waals surface area (Å²) in [6.45, 7) is 7.71. The second kappa shape index (κ2) is 8.45. The van der Waals surface area contributed by atoms with Crippen LogP contribution in [0.5, 0.6) is 0 Å². The predicted molar refractivity (Wildman–Crippen MR) is 66.1 cm³/mol. The van der Waals surface area contributed by atoms with Crippen LogP contribution in [0, 0.1) is 0 Å². The Kier molecular flexibility index (Phi) is 8.13. The number of ether oxygens (including phenoxy) is 1. The summed E-state index contributed by atoms with van der Waals surface area (Å²) < 4.78 is 26.9. The highest BCUT2D eigenvalue weighted by molar-refractivity contribution is 7.53. The van der Waals surface area contributed by atoms with Gasteiger partial charge in [0.1, 0.15) is 0 Å². The molecular formula is C11H21O5P. The Morgan fingerprint density at radius 1 is 1.18 bits per heavy atom. The molecule has 0 amide bonds. The summed E-state index contributed by atoms with van der Waals surface area (Å²) in [5.41, 5.74) is 0.650. The van der Waals surface area contributed by atoms with E-state index in [4.69, 9.17) is 13.8 Å². The molecule has 1 unspecified atom stereocenters. The van der Waals surface area contributed by atoms with E-state index in [0.29, 0.717) is 24.9 Å². The lowest BCUT2D eigenvalue weighted by Crippen LogP contribution is -2.04. The van der Waals surface area contributed by atoms with E-state index in [2.05, 4.69) is 0 Å². The Hall–Kier alpha value is -0.640. The van der Waals surface area contributed by atoms with Crippen molar-refractivity contribution in [1.29, 1.82) is 0 Å². The summed E-state index contributed by atoms with van der Waals surface area (Å²) in [7, 11) is -3.01. The van der Waals surface area contributed by atoms with Crippen molar-refractivity contribution in [3.8, 4) is 0 Å². The first kappa shape index (κ1) is 16.4. The van der Waals surface area contributed by atoms with Crippen LogP contribution in [0.4, 0.5) is 0 Å². The first-order chi connectivity index (χ1) is 7.97. The van der Waals surface area contributed by atoms with Crippen molar-refractivity contribution in [2.45, 2.75) is 27.7 Å². The zero-order chi connectivity index (χ0) is 13.3. The topological polar surface area (TPSA) is 61.8 Å². The van der Waals surface area contributed by atoms with Gasteiger partial charge in [0.15, 0.2) is 0 Å². The third-order valence-corrected chi connectivity index (χ3v) is 3.80. The Bertz CT molecular complexity index is 311. The fraction of sp³-hybridized carbons (Fsp3) is 0.727. The fourth-order valence-corrected chi connectivity index (χ4v) is 2.28. The molecule has 0 rings (SSSR count). The Labute approximate surface area is 103 Å². The second-order valence-corrected chi connectivity index (χ2v) is 5.73. The molecular weight excluding hydrogens is 243 g/mol. The smallest absolute Gasteiger partial charge is 0.330 e. The largest absolute Gasteiger partial charge is 0.463 e. The maximum atomic E-state index is 11.9. The van der Waals surface area contributed by atoms with Gasteiger partial charge in [-0.1, -0.05) is 6.92 Å². The van der Waals surface area contributed by atoms with Crippen LogP contribution in [0.25, 0.3) is 0 Å². The van der Waals surface area contributed by atoms with E-state index in [1.165, 1.54) is 6.08 Å². The van der Waals surface area contributed by atoms with Crippen LogP contribution in [0.1, 0.15) is 27.7 Å². The lowest BCUT2D eigenvalue weighted by Gasteiger charge is -2.15. The van der Waals surface area contributed by atoms with Crippen molar-refractivity contribution in [1.82, 2.24) is 0 Å². The molecule has 5 nitrogen and oxygen atoms in total. The molecule has 0 bridgehead atoms. The molecule has 0 N–H and O–H groups in total. The fourth-order valence-electron chi connectivity index (χ4n) is 1.04. The Balaban J connectivity index is 4.26. The summed E-state index contributed by atoms with van der Waals surface area (Å²) >= 11 is 0. The van der Waals surface area contributed by atoms with Crippen LogP contribution >= 0.6 is 7.60 Å². The Morgan fingerprint density at radius 3 is 2.29 bits per heavy atom. The maximum absolute atomic E-state index is 11.9. The molecule has 0 saturated carbocycles. The van der Waals surface area contributed by atoms with Crippen LogP contribution < -0.4 is 0 Å². The van der Waals surface area contributed by atoms with Gasteiger partial charge in [0.25, 0.3) is 0 Å². The molecule has 1 atom stereocenters. The van der Waals surface area contributed by atoms with Crippen LogP contribution in [0.2, 0.25) is 0 Å². The Morgan fingerprint density at radius 2 is 1.82 bits per heavy atom. The van der Waals surface area contributed by atoms with Gasteiger partial charge in [-0.15, -0.1) is 0 Å². The van der Waals surface area contributed by atoms with Crippen molar-refractivity contribution in [2.24, 2.45) is 0 Å². The summed E-state index contributed by atoms with van der Waals surface area (Å²) in [4.78, 5) is 11.1. The van der Waals surface area contributed by atoms with E-state index in [-0.39, 0.29) is 6.61 Å². The molecule has 0 aliphatic carbocycles. The molecule has 0 radical (unpaired) electrons. The van der Waals surface area contributed by atoms with E-state index >= 15 is 0 Å². The van der Waals surface area contributed by atoms with Crippen LogP contribution in [-0.2, 0) is 23.1 Å². The quantitative estimate of drug-likeness (QED) is 0.383.